The molecule has 0 saturated carbocycles. The Morgan fingerprint density at radius 3 is 2.28 bits per heavy atom. The van der Waals surface area contributed by atoms with E-state index in [2.05, 4.69) is 11.9 Å². The van der Waals surface area contributed by atoms with Gasteiger partial charge in [0.1, 0.15) is 23.1 Å². The summed E-state index contributed by atoms with van der Waals surface area (Å²) < 4.78 is 16.8. The van der Waals surface area contributed by atoms with Crippen molar-refractivity contribution < 1.29 is 23.8 Å². The smallest absolute Gasteiger partial charge is 0.162 e. The number of nitrogens with zero attached hydrogens (tertiary/aromatic N) is 1. The molecule has 2 aromatic carbocycles. The number of aromatic nitrogens is 1. The van der Waals surface area contributed by atoms with Crippen molar-refractivity contribution in [2.45, 2.75) is 45.4 Å². The molecule has 168 valence electrons. The molecule has 0 fully saturated rings. The Morgan fingerprint density at radius 2 is 1.59 bits per heavy atom. The molecule has 0 aliphatic heterocycles. The van der Waals surface area contributed by atoms with Crippen molar-refractivity contribution >= 4 is 22.5 Å². The molecule has 6 nitrogen and oxygen atoms in total. The van der Waals surface area contributed by atoms with Crippen molar-refractivity contribution in [3.63, 3.8) is 0 Å². The molecule has 1 heterocycles. The van der Waals surface area contributed by atoms with Crippen LogP contribution in [0.4, 0.5) is 0 Å². The fraction of sp³-hybridized carbons (Fsp3) is 0.346. The molecule has 0 spiro atoms. The average Bonchev–Trinajstić information content (AvgIpc) is 2.79. The molecule has 0 radical (unpaired) electrons. The molecule has 32 heavy (non-hydrogen) atoms. The lowest BCUT2D eigenvalue weighted by Crippen LogP contribution is -2.10. The van der Waals surface area contributed by atoms with Gasteiger partial charge in [-0.15, -0.1) is 0 Å². The van der Waals surface area contributed by atoms with Crippen LogP contribution in [0.1, 0.15) is 44.6 Å². The van der Waals surface area contributed by atoms with Crippen LogP contribution < -0.4 is 14.2 Å². The summed E-state index contributed by atoms with van der Waals surface area (Å²) >= 11 is 0. The average molecular weight is 436 g/mol. The van der Waals surface area contributed by atoms with Crippen LogP contribution in [0.3, 0.4) is 0 Å². The Kier molecular flexibility index (Phi) is 8.20. The van der Waals surface area contributed by atoms with Crippen LogP contribution in [0.15, 0.2) is 48.7 Å². The van der Waals surface area contributed by atoms with E-state index in [1.807, 2.05) is 30.3 Å². The summed E-state index contributed by atoms with van der Waals surface area (Å²) in [5.74, 6) is 2.44. The summed E-state index contributed by atoms with van der Waals surface area (Å²) in [7, 11) is 3.16. The third-order valence-corrected chi connectivity index (χ3v) is 5.21. The fourth-order valence-electron chi connectivity index (χ4n) is 3.51. The molecule has 3 aromatic rings. The first kappa shape index (κ1) is 23.3. The van der Waals surface area contributed by atoms with Crippen molar-refractivity contribution in [3.05, 3.63) is 54.2 Å². The molecule has 0 unspecified atom stereocenters. The topological polar surface area (TPSA) is 74.7 Å². The number of ether oxygens (including phenoxy) is 3. The van der Waals surface area contributed by atoms with Gasteiger partial charge in [0.2, 0.25) is 0 Å². The quantitative estimate of drug-likeness (QED) is 0.268. The molecule has 0 saturated heterocycles. The van der Waals surface area contributed by atoms with Crippen LogP contribution in [-0.2, 0) is 16.0 Å². The van der Waals surface area contributed by atoms with E-state index in [9.17, 15) is 9.59 Å². The lowest BCUT2D eigenvalue weighted by Gasteiger charge is -2.12. The van der Waals surface area contributed by atoms with Gasteiger partial charge in [-0.25, -0.2) is 0 Å². The maximum Gasteiger partial charge on any atom is 0.162 e. The van der Waals surface area contributed by atoms with E-state index in [1.165, 1.54) is 0 Å². The summed E-state index contributed by atoms with van der Waals surface area (Å²) in [5.41, 5.74) is 1.58. The highest BCUT2D eigenvalue weighted by atomic mass is 16.5. The lowest BCUT2D eigenvalue weighted by atomic mass is 10.0. The number of fused-ring (bicyclic) bond motifs is 1. The predicted octanol–water partition coefficient (Wildman–Crippen LogP) is 5.70. The minimum absolute atomic E-state index is 0.0102. The second kappa shape index (κ2) is 11.3. The normalized spacial score (nSPS) is 10.7. The van der Waals surface area contributed by atoms with Crippen LogP contribution in [-0.4, -0.2) is 30.8 Å². The Hall–Kier alpha value is -3.41. The summed E-state index contributed by atoms with van der Waals surface area (Å²) in [6.07, 6.45) is 5.36. The number of rotatable bonds is 12. The van der Waals surface area contributed by atoms with E-state index >= 15 is 0 Å². The van der Waals surface area contributed by atoms with Gasteiger partial charge >= 0.3 is 0 Å². The van der Waals surface area contributed by atoms with E-state index < -0.39 is 0 Å². The maximum atomic E-state index is 12.2. The molecule has 0 aliphatic rings. The number of carbonyl (C=O) groups excluding carboxylic acids is 2. The Morgan fingerprint density at radius 1 is 0.875 bits per heavy atom. The SMILES string of the molecule is CCCCCC(=O)CC(=O)Cc1ccc(Oc2ccnc3cc(OC)c(OC)cc23)cc1. The fourth-order valence-corrected chi connectivity index (χ4v) is 3.51. The predicted molar refractivity (Wildman–Crippen MR) is 124 cm³/mol. The molecule has 0 amide bonds. The summed E-state index contributed by atoms with van der Waals surface area (Å²) in [5, 5.41) is 0.797. The van der Waals surface area contributed by atoms with E-state index in [1.54, 1.807) is 32.5 Å². The molecule has 0 N–H and O–H groups in total. The van der Waals surface area contributed by atoms with Gasteiger partial charge in [-0.3, -0.25) is 14.6 Å². The van der Waals surface area contributed by atoms with E-state index in [-0.39, 0.29) is 24.4 Å². The van der Waals surface area contributed by atoms with Gasteiger partial charge in [-0.1, -0.05) is 31.9 Å². The second-order valence-electron chi connectivity index (χ2n) is 7.67. The zero-order valence-electron chi connectivity index (χ0n) is 18.8. The van der Waals surface area contributed by atoms with Crippen molar-refractivity contribution in [1.29, 1.82) is 0 Å². The molecular weight excluding hydrogens is 406 g/mol. The Bertz CT molecular complexity index is 1080. The molecule has 6 heteroatoms. The Balaban J connectivity index is 1.66. The zero-order chi connectivity index (χ0) is 22.9. The zero-order valence-corrected chi connectivity index (χ0v) is 18.8. The molecule has 0 bridgehead atoms. The van der Waals surface area contributed by atoms with Crippen LogP contribution in [0.2, 0.25) is 0 Å². The maximum absolute atomic E-state index is 12.2. The molecule has 0 aliphatic carbocycles. The molecule has 3 rings (SSSR count). The first-order valence-corrected chi connectivity index (χ1v) is 10.8. The minimum Gasteiger partial charge on any atom is -0.493 e. The highest BCUT2D eigenvalue weighted by Crippen LogP contribution is 2.36. The third kappa shape index (κ3) is 6.06. The number of pyridine rings is 1. The molecular formula is C26H29NO5. The number of ketones is 2. The lowest BCUT2D eigenvalue weighted by molar-refractivity contribution is -0.126. The third-order valence-electron chi connectivity index (χ3n) is 5.21. The second-order valence-corrected chi connectivity index (χ2v) is 7.67. The van der Waals surface area contributed by atoms with Crippen LogP contribution in [0.5, 0.6) is 23.0 Å². The number of benzene rings is 2. The van der Waals surface area contributed by atoms with Crippen molar-refractivity contribution in [2.24, 2.45) is 0 Å². The van der Waals surface area contributed by atoms with Crippen molar-refractivity contribution in [2.75, 3.05) is 14.2 Å². The van der Waals surface area contributed by atoms with Crippen LogP contribution in [0.25, 0.3) is 10.9 Å². The number of unbranched alkanes of at least 4 members (excludes halogenated alkanes) is 2. The van der Waals surface area contributed by atoms with Crippen molar-refractivity contribution in [1.82, 2.24) is 4.98 Å². The molecule has 0 atom stereocenters. The van der Waals surface area contributed by atoms with Gasteiger partial charge in [0.15, 0.2) is 11.5 Å². The molecule has 1 aromatic heterocycles. The number of methoxy groups -OCH3 is 2. The first-order chi connectivity index (χ1) is 15.5. The summed E-state index contributed by atoms with van der Waals surface area (Å²) in [6, 6.07) is 12.8. The van der Waals surface area contributed by atoms with E-state index in [0.29, 0.717) is 29.4 Å². The highest BCUT2D eigenvalue weighted by Gasteiger charge is 2.13. The summed E-state index contributed by atoms with van der Waals surface area (Å²) in [4.78, 5) is 28.5. The number of hydrogen-bond acceptors (Lipinski definition) is 6. The van der Waals surface area contributed by atoms with Gasteiger partial charge in [-0.2, -0.15) is 0 Å². The highest BCUT2D eigenvalue weighted by molar-refractivity contribution is 5.99. The van der Waals surface area contributed by atoms with E-state index in [4.69, 9.17) is 14.2 Å². The largest absolute Gasteiger partial charge is 0.493 e. The monoisotopic (exact) mass is 435 g/mol. The first-order valence-electron chi connectivity index (χ1n) is 10.8. The van der Waals surface area contributed by atoms with Crippen LogP contribution >= 0.6 is 0 Å². The van der Waals surface area contributed by atoms with Gasteiger partial charge in [-0.05, 0) is 36.2 Å². The number of carbonyl (C=O) groups is 2. The van der Waals surface area contributed by atoms with Crippen molar-refractivity contribution in [3.8, 4) is 23.0 Å². The standard InChI is InChI=1S/C26H29NO5/c1-4-5-6-7-19(28)15-20(29)14-18-8-10-21(11-9-18)32-24-12-13-27-23-17-26(31-3)25(30-2)16-22(23)24/h8-13,16-17H,4-7,14-15H2,1-3H3. The van der Waals surface area contributed by atoms with Gasteiger partial charge < -0.3 is 14.2 Å². The summed E-state index contributed by atoms with van der Waals surface area (Å²) in [6.45, 7) is 2.09. The van der Waals surface area contributed by atoms with Gasteiger partial charge in [0.05, 0.1) is 26.2 Å². The van der Waals surface area contributed by atoms with Crippen LogP contribution in [0, 0.1) is 0 Å². The number of Topliss-reactive ketones (excluding diaryl/α,β-unsaturated/α-hetero) is 2. The number of hydrogen-bond donors (Lipinski definition) is 0. The van der Waals surface area contributed by atoms with E-state index in [0.717, 1.165) is 35.7 Å². The Labute approximate surface area is 188 Å². The van der Waals surface area contributed by atoms with Gasteiger partial charge in [0.25, 0.3) is 0 Å². The minimum atomic E-state index is -0.0543. The van der Waals surface area contributed by atoms with Gasteiger partial charge in [0, 0.05) is 30.5 Å².